The van der Waals surface area contributed by atoms with Crippen molar-refractivity contribution in [3.05, 3.63) is 72.9 Å². The minimum Gasteiger partial charge on any atom is -0.462 e. The third-order valence-electron chi connectivity index (χ3n) is 10.3. The van der Waals surface area contributed by atoms with Crippen LogP contribution in [0.5, 0.6) is 0 Å². The Morgan fingerprint density at radius 2 is 0.746 bits per heavy atom. The molecule has 59 heavy (non-hydrogen) atoms. The number of carbonyl (C=O) groups excluding carboxylic acids is 3. The van der Waals surface area contributed by atoms with Crippen LogP contribution in [0, 0.1) is 0 Å². The van der Waals surface area contributed by atoms with E-state index < -0.39 is 6.10 Å². The average molecular weight is 823 g/mol. The van der Waals surface area contributed by atoms with Gasteiger partial charge in [-0.1, -0.05) is 209 Å². The molecule has 0 aromatic heterocycles. The number of ether oxygens (including phenoxy) is 3. The summed E-state index contributed by atoms with van der Waals surface area (Å²) in [4.78, 5) is 37.8. The maximum Gasteiger partial charge on any atom is 0.306 e. The molecule has 0 spiro atoms. The van der Waals surface area contributed by atoms with E-state index in [1.807, 2.05) is 0 Å². The number of esters is 3. The Morgan fingerprint density at radius 1 is 0.373 bits per heavy atom. The monoisotopic (exact) mass is 823 g/mol. The SMILES string of the molecule is CC\C=C/C=C\C=C/CCCCCCCC(=O)OC(COC(=O)CCCCCCCCCCC)COC(=O)CCCCCCCCCCC/C=C\C/C=C\C/C=C\CC. The maximum atomic E-state index is 12.7. The summed E-state index contributed by atoms with van der Waals surface area (Å²) >= 11 is 0. The lowest BCUT2D eigenvalue weighted by Gasteiger charge is -2.18. The zero-order valence-corrected chi connectivity index (χ0v) is 38.5. The molecule has 0 aliphatic heterocycles. The van der Waals surface area contributed by atoms with Gasteiger partial charge in [-0.2, -0.15) is 0 Å². The van der Waals surface area contributed by atoms with Crippen molar-refractivity contribution in [2.24, 2.45) is 0 Å². The first-order valence-electron chi connectivity index (χ1n) is 24.5. The van der Waals surface area contributed by atoms with E-state index in [0.717, 1.165) is 103 Å². The van der Waals surface area contributed by atoms with Gasteiger partial charge in [-0.25, -0.2) is 0 Å². The standard InChI is InChI=1S/C53H90O6/c1-4-7-10-13-16-19-21-23-24-25-26-27-28-30-31-34-37-40-43-46-52(55)58-49-50(48-57-51(54)45-42-39-36-33-18-15-12-9-6-3)59-53(56)47-44-41-38-35-32-29-22-20-17-14-11-8-5-2/h7-8,10-11,14,16-17,19-20,22-24,50H,4-6,9,12-13,15,18,21,25-49H2,1-3H3/b10-7-,11-8-,17-14-,19-16-,22-20-,24-23-. The summed E-state index contributed by atoms with van der Waals surface area (Å²) in [7, 11) is 0. The zero-order valence-electron chi connectivity index (χ0n) is 38.5. The third-order valence-corrected chi connectivity index (χ3v) is 10.3. The van der Waals surface area contributed by atoms with Crippen LogP contribution in [0.2, 0.25) is 0 Å². The Morgan fingerprint density at radius 3 is 1.22 bits per heavy atom. The molecule has 0 aliphatic rings. The Balaban J connectivity index is 4.33. The van der Waals surface area contributed by atoms with Gasteiger partial charge in [0.15, 0.2) is 6.10 Å². The number of rotatable bonds is 43. The first-order valence-corrected chi connectivity index (χ1v) is 24.5. The lowest BCUT2D eigenvalue weighted by Crippen LogP contribution is -2.30. The Kier molecular flexibility index (Phi) is 45.0. The van der Waals surface area contributed by atoms with Gasteiger partial charge in [0.2, 0.25) is 0 Å². The van der Waals surface area contributed by atoms with Gasteiger partial charge < -0.3 is 14.2 Å². The van der Waals surface area contributed by atoms with Crippen molar-refractivity contribution >= 4 is 17.9 Å². The minimum atomic E-state index is -0.784. The fraction of sp³-hybridized carbons (Fsp3) is 0.717. The number of hydrogen-bond donors (Lipinski definition) is 0. The summed E-state index contributed by atoms with van der Waals surface area (Å²) < 4.78 is 16.7. The van der Waals surface area contributed by atoms with E-state index in [-0.39, 0.29) is 31.1 Å². The molecule has 0 N–H and O–H groups in total. The summed E-state index contributed by atoms with van der Waals surface area (Å²) in [5.74, 6) is -0.915. The van der Waals surface area contributed by atoms with Crippen molar-refractivity contribution in [1.29, 1.82) is 0 Å². The highest BCUT2D eigenvalue weighted by atomic mass is 16.6. The van der Waals surface area contributed by atoms with Crippen molar-refractivity contribution in [2.75, 3.05) is 13.2 Å². The average Bonchev–Trinajstić information content (AvgIpc) is 3.23. The van der Waals surface area contributed by atoms with Crippen molar-refractivity contribution < 1.29 is 28.6 Å². The van der Waals surface area contributed by atoms with Crippen LogP contribution in [-0.4, -0.2) is 37.2 Å². The predicted octanol–water partition coefficient (Wildman–Crippen LogP) is 15.9. The van der Waals surface area contributed by atoms with E-state index in [9.17, 15) is 14.4 Å². The van der Waals surface area contributed by atoms with E-state index in [4.69, 9.17) is 14.2 Å². The van der Waals surface area contributed by atoms with Crippen LogP contribution >= 0.6 is 0 Å². The summed E-state index contributed by atoms with van der Waals surface area (Å²) in [6.07, 6.45) is 58.9. The zero-order chi connectivity index (χ0) is 43.0. The molecular formula is C53H90O6. The molecule has 338 valence electrons. The molecular weight excluding hydrogens is 733 g/mol. The summed E-state index contributed by atoms with van der Waals surface area (Å²) in [6.45, 7) is 6.35. The van der Waals surface area contributed by atoms with Crippen molar-refractivity contribution in [3.8, 4) is 0 Å². The molecule has 0 aromatic rings. The second-order valence-electron chi connectivity index (χ2n) is 16.0. The van der Waals surface area contributed by atoms with E-state index >= 15 is 0 Å². The van der Waals surface area contributed by atoms with Crippen molar-refractivity contribution in [1.82, 2.24) is 0 Å². The van der Waals surface area contributed by atoms with Gasteiger partial charge in [0.1, 0.15) is 13.2 Å². The normalized spacial score (nSPS) is 12.7. The molecule has 0 heterocycles. The maximum absolute atomic E-state index is 12.7. The molecule has 0 aliphatic carbocycles. The lowest BCUT2D eigenvalue weighted by atomic mass is 10.1. The smallest absolute Gasteiger partial charge is 0.306 e. The Hall–Kier alpha value is -3.15. The fourth-order valence-corrected chi connectivity index (χ4v) is 6.63. The van der Waals surface area contributed by atoms with Gasteiger partial charge in [-0.05, 0) is 70.6 Å². The van der Waals surface area contributed by atoms with Gasteiger partial charge in [0.25, 0.3) is 0 Å². The second-order valence-corrected chi connectivity index (χ2v) is 16.0. The molecule has 6 heteroatoms. The highest BCUT2D eigenvalue weighted by Crippen LogP contribution is 2.14. The van der Waals surface area contributed by atoms with Crippen LogP contribution < -0.4 is 0 Å². The summed E-state index contributed by atoms with van der Waals surface area (Å²) in [6, 6.07) is 0. The van der Waals surface area contributed by atoms with E-state index in [0.29, 0.717) is 19.3 Å². The molecule has 0 fully saturated rings. The summed E-state index contributed by atoms with van der Waals surface area (Å²) in [5.41, 5.74) is 0. The molecule has 0 saturated carbocycles. The first kappa shape index (κ1) is 55.9. The quantitative estimate of drug-likeness (QED) is 0.0200. The van der Waals surface area contributed by atoms with Crippen molar-refractivity contribution in [2.45, 2.75) is 232 Å². The van der Waals surface area contributed by atoms with Crippen LogP contribution in [0.4, 0.5) is 0 Å². The summed E-state index contributed by atoms with van der Waals surface area (Å²) in [5, 5.41) is 0. The van der Waals surface area contributed by atoms with Crippen molar-refractivity contribution in [3.63, 3.8) is 0 Å². The lowest BCUT2D eigenvalue weighted by molar-refractivity contribution is -0.167. The molecule has 0 rings (SSSR count). The number of hydrogen-bond acceptors (Lipinski definition) is 6. The molecule has 0 radical (unpaired) electrons. The van der Waals surface area contributed by atoms with Gasteiger partial charge >= 0.3 is 17.9 Å². The largest absolute Gasteiger partial charge is 0.462 e. The van der Waals surface area contributed by atoms with Gasteiger partial charge in [-0.15, -0.1) is 0 Å². The number of unbranched alkanes of at least 4 members (excludes halogenated alkanes) is 22. The molecule has 0 saturated heterocycles. The van der Waals surface area contributed by atoms with Crippen LogP contribution in [0.25, 0.3) is 0 Å². The fourth-order valence-electron chi connectivity index (χ4n) is 6.63. The minimum absolute atomic E-state index is 0.0847. The van der Waals surface area contributed by atoms with Gasteiger partial charge in [-0.3, -0.25) is 14.4 Å². The second kappa shape index (κ2) is 47.5. The first-order chi connectivity index (χ1) is 29.0. The number of carbonyl (C=O) groups is 3. The molecule has 6 nitrogen and oxygen atoms in total. The highest BCUT2D eigenvalue weighted by molar-refractivity contribution is 5.71. The molecule has 0 amide bonds. The van der Waals surface area contributed by atoms with Gasteiger partial charge in [0.05, 0.1) is 0 Å². The van der Waals surface area contributed by atoms with Crippen LogP contribution in [-0.2, 0) is 28.6 Å². The van der Waals surface area contributed by atoms with E-state index in [1.165, 1.54) is 83.5 Å². The van der Waals surface area contributed by atoms with Crippen LogP contribution in [0.3, 0.4) is 0 Å². The molecule has 1 atom stereocenters. The predicted molar refractivity (Wildman–Crippen MR) is 251 cm³/mol. The van der Waals surface area contributed by atoms with Crippen LogP contribution in [0.1, 0.15) is 226 Å². The van der Waals surface area contributed by atoms with Gasteiger partial charge in [0, 0.05) is 19.3 Å². The molecule has 0 bridgehead atoms. The van der Waals surface area contributed by atoms with E-state index in [2.05, 4.69) is 93.7 Å². The molecule has 1 unspecified atom stereocenters. The molecule has 0 aromatic carbocycles. The topological polar surface area (TPSA) is 78.9 Å². The Bertz CT molecular complexity index is 1130. The van der Waals surface area contributed by atoms with E-state index in [1.54, 1.807) is 0 Å². The highest BCUT2D eigenvalue weighted by Gasteiger charge is 2.19. The number of allylic oxidation sites excluding steroid dienone is 12. The van der Waals surface area contributed by atoms with Crippen LogP contribution in [0.15, 0.2) is 72.9 Å². The Labute approximate surface area is 363 Å². The third kappa shape index (κ3) is 45.8.